The van der Waals surface area contributed by atoms with Crippen LogP contribution in [0.3, 0.4) is 0 Å². The van der Waals surface area contributed by atoms with E-state index < -0.39 is 19.2 Å². The Morgan fingerprint density at radius 1 is 1.10 bits per heavy atom. The Bertz CT molecular complexity index is 577. The first kappa shape index (κ1) is 28.0. The van der Waals surface area contributed by atoms with Crippen molar-refractivity contribution in [2.24, 2.45) is 11.3 Å². The number of esters is 1. The van der Waals surface area contributed by atoms with Gasteiger partial charge in [-0.2, -0.15) is 0 Å². The van der Waals surface area contributed by atoms with Crippen molar-refractivity contribution in [1.82, 2.24) is 5.32 Å². The Morgan fingerprint density at radius 2 is 1.66 bits per heavy atom. The average Bonchev–Trinajstić information content (AvgIpc) is 2.56. The highest BCUT2D eigenvalue weighted by Crippen LogP contribution is 2.42. The van der Waals surface area contributed by atoms with Crippen molar-refractivity contribution in [3.05, 3.63) is 0 Å². The van der Waals surface area contributed by atoms with Gasteiger partial charge in [0, 0.05) is 12.0 Å². The van der Waals surface area contributed by atoms with E-state index in [9.17, 15) is 19.0 Å². The Labute approximate surface area is 175 Å². The van der Waals surface area contributed by atoms with Gasteiger partial charge in [-0.05, 0) is 26.7 Å². The molecular weight excluding hydrogens is 399 g/mol. The normalized spacial score (nSPS) is 17.3. The zero-order chi connectivity index (χ0) is 22.9. The van der Waals surface area contributed by atoms with Gasteiger partial charge in [-0.25, -0.2) is 4.57 Å². The molecule has 0 saturated carbocycles. The maximum Gasteiger partial charge on any atom is 0.472 e. The number of amides is 1. The molecule has 0 aliphatic rings. The summed E-state index contributed by atoms with van der Waals surface area (Å²) in [6.07, 6.45) is 0.954. The van der Waals surface area contributed by atoms with Crippen molar-refractivity contribution in [2.75, 3.05) is 47.5 Å². The molecule has 10 heteroatoms. The van der Waals surface area contributed by atoms with Crippen LogP contribution >= 0.6 is 7.82 Å². The molecule has 2 N–H and O–H groups in total. The SMILES string of the molecule is CCC(C)(CC(C)NC(=O)C(C)C)C(=O)OCCOP(=O)(O)OCC[N+](C)(C)C. The van der Waals surface area contributed by atoms with Gasteiger partial charge in [-0.15, -0.1) is 0 Å². The lowest BCUT2D eigenvalue weighted by molar-refractivity contribution is -0.870. The monoisotopic (exact) mass is 439 g/mol. The number of phosphoric acid groups is 1. The second-order valence-electron chi connectivity index (χ2n) is 8.97. The quantitative estimate of drug-likeness (QED) is 0.185. The number of phosphoric ester groups is 1. The van der Waals surface area contributed by atoms with Crippen molar-refractivity contribution < 1.29 is 37.3 Å². The number of hydrogen-bond acceptors (Lipinski definition) is 6. The Kier molecular flexibility index (Phi) is 11.6. The minimum atomic E-state index is -4.18. The molecule has 0 aliphatic heterocycles. The first-order valence-corrected chi connectivity index (χ1v) is 11.5. The third-order valence-electron chi connectivity index (χ3n) is 4.53. The number of hydrogen-bond donors (Lipinski definition) is 2. The fraction of sp³-hybridized carbons (Fsp3) is 0.895. The van der Waals surface area contributed by atoms with Crippen molar-refractivity contribution in [3.63, 3.8) is 0 Å². The van der Waals surface area contributed by atoms with Crippen LogP contribution in [-0.2, 0) is 27.9 Å². The predicted octanol–water partition coefficient (Wildman–Crippen LogP) is 2.34. The van der Waals surface area contributed by atoms with E-state index in [0.717, 1.165) is 0 Å². The molecule has 0 aromatic carbocycles. The Balaban J connectivity index is 4.44. The van der Waals surface area contributed by atoms with Gasteiger partial charge in [0.25, 0.3) is 0 Å². The maximum atomic E-state index is 12.5. The summed E-state index contributed by atoms with van der Waals surface area (Å²) in [5, 5.41) is 2.88. The summed E-state index contributed by atoms with van der Waals surface area (Å²) in [4.78, 5) is 34.0. The fourth-order valence-electron chi connectivity index (χ4n) is 2.44. The lowest BCUT2D eigenvalue weighted by Gasteiger charge is -2.29. The summed E-state index contributed by atoms with van der Waals surface area (Å²) in [6.45, 7) is 9.32. The molecule has 9 nitrogen and oxygen atoms in total. The summed E-state index contributed by atoms with van der Waals surface area (Å²) in [5.41, 5.74) is -0.784. The van der Waals surface area contributed by atoms with Crippen LogP contribution in [0.5, 0.6) is 0 Å². The second kappa shape index (κ2) is 12.0. The first-order chi connectivity index (χ1) is 13.1. The molecule has 29 heavy (non-hydrogen) atoms. The number of ether oxygens (including phenoxy) is 1. The highest BCUT2D eigenvalue weighted by atomic mass is 31.2. The third kappa shape index (κ3) is 12.3. The molecule has 0 fully saturated rings. The Hall–Kier alpha value is -0.990. The van der Waals surface area contributed by atoms with Gasteiger partial charge in [-0.1, -0.05) is 20.8 Å². The summed E-state index contributed by atoms with van der Waals surface area (Å²) < 4.78 is 27.4. The lowest BCUT2D eigenvalue weighted by Crippen LogP contribution is -2.41. The van der Waals surface area contributed by atoms with Crippen molar-refractivity contribution in [3.8, 4) is 0 Å². The largest absolute Gasteiger partial charge is 0.472 e. The zero-order valence-electron chi connectivity index (χ0n) is 19.2. The van der Waals surface area contributed by atoms with E-state index in [1.165, 1.54) is 0 Å². The molecular formula is C19H40N2O7P+. The topological polar surface area (TPSA) is 111 Å². The number of carbonyl (C=O) groups excluding carboxylic acids is 2. The molecule has 0 radical (unpaired) electrons. The van der Waals surface area contributed by atoms with Crippen LogP contribution in [0, 0.1) is 11.3 Å². The first-order valence-electron chi connectivity index (χ1n) is 10.0. The van der Waals surface area contributed by atoms with E-state index in [-0.39, 0.29) is 37.7 Å². The van der Waals surface area contributed by atoms with Gasteiger partial charge < -0.3 is 19.4 Å². The fourth-order valence-corrected chi connectivity index (χ4v) is 3.13. The molecule has 0 spiro atoms. The van der Waals surface area contributed by atoms with Crippen LogP contribution in [0.2, 0.25) is 0 Å². The van der Waals surface area contributed by atoms with Gasteiger partial charge in [0.2, 0.25) is 5.91 Å². The molecule has 0 aliphatic carbocycles. The lowest BCUT2D eigenvalue weighted by atomic mass is 9.81. The molecule has 3 atom stereocenters. The van der Waals surface area contributed by atoms with Crippen molar-refractivity contribution in [1.29, 1.82) is 0 Å². The van der Waals surface area contributed by atoms with Crippen LogP contribution in [-0.4, -0.2) is 74.8 Å². The number of nitrogens with one attached hydrogen (secondary N) is 1. The van der Waals surface area contributed by atoms with Gasteiger partial charge in [0.1, 0.15) is 19.8 Å². The van der Waals surface area contributed by atoms with E-state index in [0.29, 0.717) is 23.9 Å². The molecule has 0 bridgehead atoms. The molecule has 1 amide bonds. The van der Waals surface area contributed by atoms with Crippen LogP contribution in [0.15, 0.2) is 0 Å². The van der Waals surface area contributed by atoms with Crippen LogP contribution in [0.1, 0.15) is 47.5 Å². The molecule has 0 saturated heterocycles. The minimum absolute atomic E-state index is 0.0679. The van der Waals surface area contributed by atoms with Gasteiger partial charge >= 0.3 is 13.8 Å². The number of carbonyl (C=O) groups is 2. The summed E-state index contributed by atoms with van der Waals surface area (Å²) in [5.74, 6) is -0.636. The molecule has 0 aromatic heterocycles. The van der Waals surface area contributed by atoms with E-state index in [2.05, 4.69) is 5.32 Å². The van der Waals surface area contributed by atoms with Crippen molar-refractivity contribution >= 4 is 19.7 Å². The zero-order valence-corrected chi connectivity index (χ0v) is 20.1. The molecule has 3 unspecified atom stereocenters. The smallest absolute Gasteiger partial charge is 0.463 e. The summed E-state index contributed by atoms with van der Waals surface area (Å²) in [6, 6.07) is -0.189. The molecule has 172 valence electrons. The average molecular weight is 440 g/mol. The van der Waals surface area contributed by atoms with E-state index in [4.69, 9.17) is 13.8 Å². The molecule has 0 rings (SSSR count). The van der Waals surface area contributed by atoms with E-state index in [1.807, 2.05) is 35.0 Å². The number of nitrogens with zero attached hydrogens (tertiary/aromatic N) is 1. The summed E-state index contributed by atoms with van der Waals surface area (Å²) >= 11 is 0. The highest BCUT2D eigenvalue weighted by Gasteiger charge is 2.35. The van der Waals surface area contributed by atoms with Crippen LogP contribution in [0.4, 0.5) is 0 Å². The summed E-state index contributed by atoms with van der Waals surface area (Å²) in [7, 11) is 1.63. The molecule has 0 heterocycles. The second-order valence-corrected chi connectivity index (χ2v) is 10.4. The Morgan fingerprint density at radius 3 is 2.14 bits per heavy atom. The van der Waals surface area contributed by atoms with Gasteiger partial charge in [0.15, 0.2) is 0 Å². The van der Waals surface area contributed by atoms with Crippen molar-refractivity contribution in [2.45, 2.75) is 53.5 Å². The third-order valence-corrected chi connectivity index (χ3v) is 5.55. The maximum absolute atomic E-state index is 12.5. The standard InChI is InChI=1S/C19H39N2O7P/c1-9-19(5,14-16(4)20-17(22)15(2)3)18(23)26-12-13-28-29(24,25)27-11-10-21(6,7)8/h15-16H,9-14H2,1-8H3,(H-,20,22,24,25)/p+1. The highest BCUT2D eigenvalue weighted by molar-refractivity contribution is 7.47. The van der Waals surface area contributed by atoms with Gasteiger partial charge in [0.05, 0.1) is 33.2 Å². The number of rotatable bonds is 14. The molecule has 0 aromatic rings. The van der Waals surface area contributed by atoms with E-state index in [1.54, 1.807) is 20.8 Å². The van der Waals surface area contributed by atoms with Crippen LogP contribution in [0.25, 0.3) is 0 Å². The predicted molar refractivity (Wildman–Crippen MR) is 111 cm³/mol. The van der Waals surface area contributed by atoms with Gasteiger partial charge in [-0.3, -0.25) is 18.6 Å². The minimum Gasteiger partial charge on any atom is -0.463 e. The number of quaternary nitrogens is 1. The number of likely N-dealkylation sites (N-methyl/N-ethyl adjacent to an activating group) is 1. The van der Waals surface area contributed by atoms with E-state index >= 15 is 0 Å². The van der Waals surface area contributed by atoms with Crippen LogP contribution < -0.4 is 5.32 Å².